The summed E-state index contributed by atoms with van der Waals surface area (Å²) in [4.78, 5) is 19.4. The Morgan fingerprint density at radius 3 is 2.49 bits per heavy atom. The lowest BCUT2D eigenvalue weighted by Gasteiger charge is -2.34. The summed E-state index contributed by atoms with van der Waals surface area (Å²) in [5.74, 6) is -1.75. The zero-order valence-electron chi connectivity index (χ0n) is 21.1. The molecule has 0 unspecified atom stereocenters. The molecule has 2 aromatic carbocycles. The molecular weight excluding hydrogens is 480 g/mol. The third-order valence-corrected chi connectivity index (χ3v) is 6.67. The molecule has 7 nitrogen and oxygen atoms in total. The smallest absolute Gasteiger partial charge is 0.255 e. The molecule has 0 bridgehead atoms. The highest BCUT2D eigenvalue weighted by Gasteiger charge is 2.36. The van der Waals surface area contributed by atoms with Gasteiger partial charge in [-0.1, -0.05) is 27.7 Å². The Morgan fingerprint density at radius 1 is 1.08 bits per heavy atom. The first-order chi connectivity index (χ1) is 17.4. The molecule has 2 N–H and O–H groups in total. The number of carbonyl (C=O) groups is 1. The highest BCUT2D eigenvalue weighted by Crippen LogP contribution is 2.44. The number of aromatic hydroxyl groups is 1. The SMILES string of the molecule is CC1(C)COC(c2cc(C(=O)Nc3ccc(N4CC(C)(C)c5cc(F)ccc54)nc3)cc(F)c2O)OC1. The van der Waals surface area contributed by atoms with Crippen molar-refractivity contribution in [2.45, 2.75) is 39.4 Å². The topological polar surface area (TPSA) is 83.9 Å². The van der Waals surface area contributed by atoms with Crippen molar-refractivity contribution < 1.29 is 28.2 Å². The number of halogens is 2. The summed E-state index contributed by atoms with van der Waals surface area (Å²) in [7, 11) is 0. The molecule has 0 atom stereocenters. The minimum atomic E-state index is -0.975. The number of phenolic OH excluding ortho intramolecular Hbond substituents is 1. The number of nitrogens with one attached hydrogen (secondary N) is 1. The summed E-state index contributed by atoms with van der Waals surface area (Å²) >= 11 is 0. The Balaban J connectivity index is 1.33. The van der Waals surface area contributed by atoms with Crippen LogP contribution in [-0.4, -0.2) is 35.8 Å². The van der Waals surface area contributed by atoms with Crippen LogP contribution in [0, 0.1) is 17.0 Å². The van der Waals surface area contributed by atoms with Crippen molar-refractivity contribution >= 4 is 23.1 Å². The van der Waals surface area contributed by atoms with E-state index in [1.54, 1.807) is 24.3 Å². The number of hydrogen-bond acceptors (Lipinski definition) is 6. The number of rotatable bonds is 4. The molecule has 0 aliphatic carbocycles. The van der Waals surface area contributed by atoms with Crippen LogP contribution in [-0.2, 0) is 14.9 Å². The third kappa shape index (κ3) is 4.89. The molecule has 194 valence electrons. The van der Waals surface area contributed by atoms with Gasteiger partial charge in [-0.3, -0.25) is 4.79 Å². The van der Waals surface area contributed by atoms with Gasteiger partial charge in [-0.25, -0.2) is 13.8 Å². The van der Waals surface area contributed by atoms with Crippen molar-refractivity contribution in [2.75, 3.05) is 30.0 Å². The van der Waals surface area contributed by atoms with Gasteiger partial charge in [0.1, 0.15) is 11.6 Å². The summed E-state index contributed by atoms with van der Waals surface area (Å²) in [6, 6.07) is 10.5. The Labute approximate surface area is 214 Å². The van der Waals surface area contributed by atoms with Gasteiger partial charge in [0.05, 0.1) is 30.7 Å². The number of benzene rings is 2. The van der Waals surface area contributed by atoms with Crippen molar-refractivity contribution in [1.29, 1.82) is 0 Å². The molecule has 1 saturated heterocycles. The number of amides is 1. The van der Waals surface area contributed by atoms with E-state index in [0.29, 0.717) is 31.3 Å². The van der Waals surface area contributed by atoms with E-state index in [4.69, 9.17) is 9.47 Å². The minimum absolute atomic E-state index is 0.00339. The number of fused-ring (bicyclic) bond motifs is 1. The molecular formula is C28H29F2N3O4. The molecule has 9 heteroatoms. The highest BCUT2D eigenvalue weighted by molar-refractivity contribution is 6.04. The molecule has 1 fully saturated rings. The standard InChI is InChI=1S/C28H29F2N3O4/c1-27(2)14-36-26(37-15-27)19-9-16(10-21(30)24(19)34)25(35)32-18-6-8-23(31-12-18)33-13-28(3,4)20-11-17(29)5-7-22(20)33/h5-12,26,34H,13-15H2,1-4H3,(H,32,35). The maximum absolute atomic E-state index is 14.5. The van der Waals surface area contributed by atoms with Gasteiger partial charge in [-0.05, 0) is 48.0 Å². The summed E-state index contributed by atoms with van der Waals surface area (Å²) in [5, 5.41) is 12.9. The minimum Gasteiger partial charge on any atom is -0.504 e. The zero-order valence-corrected chi connectivity index (χ0v) is 21.1. The molecule has 0 saturated carbocycles. The highest BCUT2D eigenvalue weighted by atomic mass is 19.1. The molecule has 1 amide bonds. The second-order valence-electron chi connectivity index (χ2n) is 11.0. The average molecular weight is 510 g/mol. The summed E-state index contributed by atoms with van der Waals surface area (Å²) in [6.45, 7) is 9.39. The predicted molar refractivity (Wildman–Crippen MR) is 135 cm³/mol. The van der Waals surface area contributed by atoms with E-state index >= 15 is 0 Å². The van der Waals surface area contributed by atoms with E-state index in [1.165, 1.54) is 18.3 Å². The molecule has 3 aromatic rings. The first-order valence-corrected chi connectivity index (χ1v) is 12.0. The molecule has 0 spiro atoms. The zero-order chi connectivity index (χ0) is 26.5. The summed E-state index contributed by atoms with van der Waals surface area (Å²) in [5.41, 5.74) is 1.80. The largest absolute Gasteiger partial charge is 0.504 e. The van der Waals surface area contributed by atoms with Crippen LogP contribution in [0.15, 0.2) is 48.7 Å². The number of anilines is 3. The molecule has 2 aliphatic rings. The Morgan fingerprint density at radius 2 is 1.81 bits per heavy atom. The normalized spacial score (nSPS) is 18.5. The maximum Gasteiger partial charge on any atom is 0.255 e. The molecule has 37 heavy (non-hydrogen) atoms. The Hall–Kier alpha value is -3.56. The number of ether oxygens (including phenoxy) is 2. The van der Waals surface area contributed by atoms with Crippen LogP contribution in [0.5, 0.6) is 5.75 Å². The lowest BCUT2D eigenvalue weighted by molar-refractivity contribution is -0.226. The average Bonchev–Trinajstić information content (AvgIpc) is 3.11. The third-order valence-electron chi connectivity index (χ3n) is 6.67. The van der Waals surface area contributed by atoms with Crippen LogP contribution in [0.1, 0.15) is 55.5 Å². The lowest BCUT2D eigenvalue weighted by Crippen LogP contribution is -2.34. The summed E-state index contributed by atoms with van der Waals surface area (Å²) < 4.78 is 39.7. The van der Waals surface area contributed by atoms with Crippen molar-refractivity contribution in [3.63, 3.8) is 0 Å². The number of pyridine rings is 1. The summed E-state index contributed by atoms with van der Waals surface area (Å²) in [6.07, 6.45) is 0.534. The van der Waals surface area contributed by atoms with E-state index < -0.39 is 23.8 Å². The van der Waals surface area contributed by atoms with Gasteiger partial charge < -0.3 is 24.8 Å². The fourth-order valence-corrected chi connectivity index (χ4v) is 4.68. The molecule has 0 radical (unpaired) electrons. The molecule has 5 rings (SSSR count). The van der Waals surface area contributed by atoms with Crippen molar-refractivity contribution in [1.82, 2.24) is 4.98 Å². The van der Waals surface area contributed by atoms with Gasteiger partial charge in [0.25, 0.3) is 5.91 Å². The first-order valence-electron chi connectivity index (χ1n) is 12.0. The van der Waals surface area contributed by atoms with Crippen LogP contribution in [0.4, 0.5) is 26.0 Å². The lowest BCUT2D eigenvalue weighted by atomic mass is 9.87. The number of hydrogen-bond donors (Lipinski definition) is 2. The van der Waals surface area contributed by atoms with Gasteiger partial charge in [0.15, 0.2) is 17.9 Å². The number of carbonyl (C=O) groups excluding carboxylic acids is 1. The van der Waals surface area contributed by atoms with E-state index in [-0.39, 0.29) is 27.8 Å². The van der Waals surface area contributed by atoms with E-state index in [0.717, 1.165) is 17.3 Å². The van der Waals surface area contributed by atoms with Gasteiger partial charge in [0.2, 0.25) is 0 Å². The van der Waals surface area contributed by atoms with Crippen LogP contribution in [0.3, 0.4) is 0 Å². The van der Waals surface area contributed by atoms with Crippen LogP contribution in [0.2, 0.25) is 0 Å². The van der Waals surface area contributed by atoms with Crippen LogP contribution >= 0.6 is 0 Å². The van der Waals surface area contributed by atoms with Crippen molar-refractivity contribution in [3.8, 4) is 5.75 Å². The Bertz CT molecular complexity index is 1350. The fraction of sp³-hybridized carbons (Fsp3) is 0.357. The maximum atomic E-state index is 14.5. The Kier molecular flexibility index (Phi) is 6.16. The van der Waals surface area contributed by atoms with Gasteiger partial charge >= 0.3 is 0 Å². The first kappa shape index (κ1) is 25.1. The second kappa shape index (κ2) is 9.08. The second-order valence-corrected chi connectivity index (χ2v) is 11.0. The van der Waals surface area contributed by atoms with Crippen molar-refractivity contribution in [3.05, 3.63) is 77.0 Å². The quantitative estimate of drug-likeness (QED) is 0.461. The molecule has 2 aliphatic heterocycles. The van der Waals surface area contributed by atoms with Crippen LogP contribution in [0.25, 0.3) is 0 Å². The number of nitrogens with zero attached hydrogens (tertiary/aromatic N) is 2. The van der Waals surface area contributed by atoms with Gasteiger partial charge in [-0.2, -0.15) is 0 Å². The van der Waals surface area contributed by atoms with E-state index in [2.05, 4.69) is 24.1 Å². The predicted octanol–water partition coefficient (Wildman–Crippen LogP) is 5.82. The number of aromatic nitrogens is 1. The monoisotopic (exact) mass is 509 g/mol. The fourth-order valence-electron chi connectivity index (χ4n) is 4.68. The van der Waals surface area contributed by atoms with Gasteiger partial charge in [-0.15, -0.1) is 0 Å². The van der Waals surface area contributed by atoms with E-state index in [9.17, 15) is 18.7 Å². The van der Waals surface area contributed by atoms with E-state index in [1.807, 2.05) is 18.7 Å². The molecule has 3 heterocycles. The van der Waals surface area contributed by atoms with Crippen molar-refractivity contribution in [2.24, 2.45) is 5.41 Å². The number of phenols is 1. The van der Waals surface area contributed by atoms with Crippen LogP contribution < -0.4 is 10.2 Å². The molecule has 1 aromatic heterocycles. The van der Waals surface area contributed by atoms with Gasteiger partial charge in [0, 0.05) is 28.6 Å².